The molecule has 0 unspecified atom stereocenters. The Bertz CT molecular complexity index is 1100. The summed E-state index contributed by atoms with van der Waals surface area (Å²) in [6.07, 6.45) is 4.87. The van der Waals surface area contributed by atoms with Gasteiger partial charge in [-0.15, -0.1) is 23.7 Å². The second-order valence-electron chi connectivity index (χ2n) is 6.86. The van der Waals surface area contributed by atoms with Crippen LogP contribution in [-0.4, -0.2) is 10.1 Å². The van der Waals surface area contributed by atoms with Gasteiger partial charge in [0.1, 0.15) is 10.6 Å². The maximum absolute atomic E-state index is 9.88. The van der Waals surface area contributed by atoms with Gasteiger partial charge < -0.3 is 5.11 Å². The van der Waals surface area contributed by atoms with Gasteiger partial charge in [-0.2, -0.15) is 0 Å². The van der Waals surface area contributed by atoms with Crippen LogP contribution in [0.3, 0.4) is 0 Å². The van der Waals surface area contributed by atoms with Gasteiger partial charge in [-0.3, -0.25) is 0 Å². The van der Waals surface area contributed by atoms with Crippen LogP contribution in [0.25, 0.3) is 32.6 Å². The molecule has 27 heavy (non-hydrogen) atoms. The molecule has 2 aromatic heterocycles. The zero-order chi connectivity index (χ0) is 17.5. The summed E-state index contributed by atoms with van der Waals surface area (Å²) in [5.74, 6) is 0.274. The van der Waals surface area contributed by atoms with E-state index in [9.17, 15) is 5.11 Å². The Morgan fingerprint density at radius 2 is 1.63 bits per heavy atom. The van der Waals surface area contributed by atoms with Gasteiger partial charge in [0.2, 0.25) is 0 Å². The summed E-state index contributed by atoms with van der Waals surface area (Å²) in [6, 6.07) is 20.1. The van der Waals surface area contributed by atoms with E-state index in [0.717, 1.165) is 22.5 Å². The number of phenols is 1. The Hall–Kier alpha value is -2.36. The van der Waals surface area contributed by atoms with Crippen molar-refractivity contribution in [2.45, 2.75) is 25.7 Å². The third-order valence-electron chi connectivity index (χ3n) is 5.15. The van der Waals surface area contributed by atoms with Crippen LogP contribution in [0.15, 0.2) is 60.7 Å². The first kappa shape index (κ1) is 18.0. The number of benzene rings is 2. The third kappa shape index (κ3) is 3.22. The molecule has 0 amide bonds. The van der Waals surface area contributed by atoms with Crippen LogP contribution in [0.5, 0.6) is 5.75 Å². The van der Waals surface area contributed by atoms with E-state index >= 15 is 0 Å². The van der Waals surface area contributed by atoms with E-state index in [-0.39, 0.29) is 18.2 Å². The summed E-state index contributed by atoms with van der Waals surface area (Å²) >= 11 is 1.85. The van der Waals surface area contributed by atoms with E-state index in [4.69, 9.17) is 4.98 Å². The molecule has 1 aliphatic carbocycles. The van der Waals surface area contributed by atoms with Crippen molar-refractivity contribution in [3.8, 4) is 28.1 Å². The summed E-state index contributed by atoms with van der Waals surface area (Å²) in [5, 5.41) is 11.2. The second kappa shape index (κ2) is 7.34. The third-order valence-corrected chi connectivity index (χ3v) is 6.34. The van der Waals surface area contributed by atoms with Gasteiger partial charge >= 0.3 is 0 Å². The standard InChI is InChI=1S/C23H19NOS.ClH/c25-17-10-6-9-16(13-17)20-14-19(15-7-2-1-3-8-15)22-18-11-4-5-12-21(18)26-23(22)24-20;/h1-3,6-10,13-14,25H,4-5,11-12H2;1H. The van der Waals surface area contributed by atoms with Gasteiger partial charge in [0.15, 0.2) is 0 Å². The smallest absolute Gasteiger partial charge is 0.125 e. The molecule has 0 saturated carbocycles. The Kier molecular flexibility index (Phi) is 4.90. The normalized spacial score (nSPS) is 13.2. The summed E-state index contributed by atoms with van der Waals surface area (Å²) < 4.78 is 0. The van der Waals surface area contributed by atoms with Crippen LogP contribution >= 0.6 is 23.7 Å². The topological polar surface area (TPSA) is 33.1 Å². The molecule has 4 aromatic rings. The lowest BCUT2D eigenvalue weighted by Gasteiger charge is -2.13. The number of hydrogen-bond acceptors (Lipinski definition) is 3. The number of nitrogens with zero attached hydrogens (tertiary/aromatic N) is 1. The molecular weight excluding hydrogens is 374 g/mol. The lowest BCUT2D eigenvalue weighted by atomic mass is 9.92. The number of thiophene rings is 1. The average molecular weight is 394 g/mol. The van der Waals surface area contributed by atoms with Crippen molar-refractivity contribution in [1.82, 2.24) is 4.98 Å². The van der Waals surface area contributed by atoms with Crippen LogP contribution < -0.4 is 0 Å². The lowest BCUT2D eigenvalue weighted by molar-refractivity contribution is 0.475. The van der Waals surface area contributed by atoms with Crippen molar-refractivity contribution in [2.75, 3.05) is 0 Å². The summed E-state index contributed by atoms with van der Waals surface area (Å²) in [7, 11) is 0. The molecule has 2 heterocycles. The van der Waals surface area contributed by atoms with Crippen molar-refractivity contribution < 1.29 is 5.11 Å². The molecule has 0 fully saturated rings. The minimum atomic E-state index is 0. The molecule has 1 N–H and O–H groups in total. The maximum Gasteiger partial charge on any atom is 0.125 e. The fourth-order valence-electron chi connectivity index (χ4n) is 3.92. The van der Waals surface area contributed by atoms with Crippen LogP contribution in [0.1, 0.15) is 23.3 Å². The number of pyridine rings is 1. The molecule has 2 aromatic carbocycles. The highest BCUT2D eigenvalue weighted by Gasteiger charge is 2.21. The Balaban J connectivity index is 0.00000180. The lowest BCUT2D eigenvalue weighted by Crippen LogP contribution is -1.98. The van der Waals surface area contributed by atoms with E-state index < -0.39 is 0 Å². The van der Waals surface area contributed by atoms with Gasteiger partial charge in [0, 0.05) is 15.8 Å². The van der Waals surface area contributed by atoms with E-state index in [0.29, 0.717) is 0 Å². The summed E-state index contributed by atoms with van der Waals surface area (Å²) in [5.41, 5.74) is 5.87. The molecule has 0 saturated heterocycles. The number of rotatable bonds is 2. The fourth-order valence-corrected chi connectivity index (χ4v) is 5.20. The molecule has 0 spiro atoms. The van der Waals surface area contributed by atoms with Gasteiger partial charge in [0.05, 0.1) is 5.69 Å². The van der Waals surface area contributed by atoms with Crippen molar-refractivity contribution in [3.63, 3.8) is 0 Å². The summed E-state index contributed by atoms with van der Waals surface area (Å²) in [6.45, 7) is 0. The van der Waals surface area contributed by atoms with Crippen LogP contribution in [-0.2, 0) is 12.8 Å². The molecule has 4 heteroatoms. The second-order valence-corrected chi connectivity index (χ2v) is 7.95. The molecule has 0 atom stereocenters. The minimum Gasteiger partial charge on any atom is -0.508 e. The van der Waals surface area contributed by atoms with Crippen LogP contribution in [0, 0.1) is 0 Å². The largest absolute Gasteiger partial charge is 0.508 e. The maximum atomic E-state index is 9.88. The van der Waals surface area contributed by atoms with E-state index in [1.165, 1.54) is 46.2 Å². The Labute approximate surface area is 168 Å². The van der Waals surface area contributed by atoms with E-state index in [2.05, 4.69) is 36.4 Å². The number of aryl methyl sites for hydroxylation is 2. The first-order valence-corrected chi connectivity index (χ1v) is 9.91. The predicted molar refractivity (Wildman–Crippen MR) is 116 cm³/mol. The van der Waals surface area contributed by atoms with E-state index in [1.807, 2.05) is 23.5 Å². The molecule has 0 aliphatic heterocycles. The number of halogens is 1. The van der Waals surface area contributed by atoms with Crippen LogP contribution in [0.2, 0.25) is 0 Å². The Morgan fingerprint density at radius 3 is 2.44 bits per heavy atom. The highest BCUT2D eigenvalue weighted by molar-refractivity contribution is 7.19. The highest BCUT2D eigenvalue weighted by atomic mass is 35.5. The zero-order valence-corrected chi connectivity index (χ0v) is 16.4. The Morgan fingerprint density at radius 1 is 0.852 bits per heavy atom. The highest BCUT2D eigenvalue weighted by Crippen LogP contribution is 2.42. The van der Waals surface area contributed by atoms with Gasteiger partial charge in [-0.05, 0) is 60.6 Å². The zero-order valence-electron chi connectivity index (χ0n) is 14.8. The molecule has 5 rings (SSSR count). The van der Waals surface area contributed by atoms with E-state index in [1.54, 1.807) is 12.1 Å². The summed E-state index contributed by atoms with van der Waals surface area (Å²) in [4.78, 5) is 7.61. The van der Waals surface area contributed by atoms with Crippen molar-refractivity contribution in [2.24, 2.45) is 0 Å². The molecule has 2 nitrogen and oxygen atoms in total. The number of aromatic nitrogens is 1. The van der Waals surface area contributed by atoms with Gasteiger partial charge in [-0.1, -0.05) is 42.5 Å². The number of aromatic hydroxyl groups is 1. The van der Waals surface area contributed by atoms with Crippen molar-refractivity contribution in [1.29, 1.82) is 0 Å². The quantitative estimate of drug-likeness (QED) is 0.414. The van der Waals surface area contributed by atoms with Crippen molar-refractivity contribution in [3.05, 3.63) is 71.1 Å². The first-order valence-electron chi connectivity index (χ1n) is 9.10. The molecular formula is C23H20ClNOS. The minimum absolute atomic E-state index is 0. The number of fused-ring (bicyclic) bond motifs is 3. The van der Waals surface area contributed by atoms with Gasteiger partial charge in [0.25, 0.3) is 0 Å². The predicted octanol–water partition coefficient (Wildman–Crippen LogP) is 6.64. The SMILES string of the molecule is Cl.Oc1cccc(-c2cc(-c3ccccc3)c3c4c(sc3n2)CCCC4)c1. The molecule has 1 aliphatic rings. The number of hydrogen-bond donors (Lipinski definition) is 1. The molecule has 0 bridgehead atoms. The van der Waals surface area contributed by atoms with Crippen LogP contribution in [0.4, 0.5) is 0 Å². The van der Waals surface area contributed by atoms with Gasteiger partial charge in [-0.25, -0.2) is 4.98 Å². The molecule has 0 radical (unpaired) electrons. The monoisotopic (exact) mass is 393 g/mol. The van der Waals surface area contributed by atoms with Crippen molar-refractivity contribution >= 4 is 34.0 Å². The first-order chi connectivity index (χ1) is 12.8. The molecule has 136 valence electrons. The fraction of sp³-hybridized carbons (Fsp3) is 0.174. The average Bonchev–Trinajstić information content (AvgIpc) is 3.06. The number of phenolic OH excluding ortho intramolecular Hbond substituents is 1.